The van der Waals surface area contributed by atoms with E-state index in [0.717, 1.165) is 21.2 Å². The van der Waals surface area contributed by atoms with Crippen LogP contribution in [0.25, 0.3) is 11.1 Å². The van der Waals surface area contributed by atoms with Crippen LogP contribution in [0.4, 0.5) is 5.13 Å². The molecule has 0 aliphatic heterocycles. The molecule has 0 unspecified atom stereocenters. The first-order valence-corrected chi connectivity index (χ1v) is 10.6. The number of hydrogen-bond donors (Lipinski definition) is 1. The minimum absolute atomic E-state index is 0.185. The molecule has 0 aliphatic rings. The Balaban J connectivity index is 1.36. The van der Waals surface area contributed by atoms with Crippen molar-refractivity contribution >= 4 is 34.1 Å². The minimum Gasteiger partial charge on any atom is -0.296 e. The van der Waals surface area contributed by atoms with Gasteiger partial charge in [-0.3, -0.25) is 10.1 Å². The first kappa shape index (κ1) is 18.4. The predicted octanol–water partition coefficient (Wildman–Crippen LogP) is 5.75. The van der Waals surface area contributed by atoms with E-state index in [2.05, 4.69) is 27.6 Å². The van der Waals surface area contributed by atoms with Crippen LogP contribution in [-0.4, -0.2) is 16.1 Å². The van der Waals surface area contributed by atoms with Crippen molar-refractivity contribution < 1.29 is 4.79 Å². The highest BCUT2D eigenvalue weighted by Crippen LogP contribution is 2.28. The van der Waals surface area contributed by atoms with Crippen LogP contribution in [-0.2, 0) is 5.75 Å². The van der Waals surface area contributed by atoms with E-state index in [1.807, 2.05) is 72.8 Å². The molecule has 4 rings (SSSR count). The van der Waals surface area contributed by atoms with Crippen LogP contribution >= 0.6 is 23.1 Å². The highest BCUT2D eigenvalue weighted by atomic mass is 32.2. The quantitative estimate of drug-likeness (QED) is 0.329. The van der Waals surface area contributed by atoms with Crippen molar-refractivity contribution in [1.82, 2.24) is 10.2 Å². The number of aromatic nitrogens is 2. The summed E-state index contributed by atoms with van der Waals surface area (Å²) in [7, 11) is 0. The highest BCUT2D eigenvalue weighted by molar-refractivity contribution is 8.00. The molecule has 6 heteroatoms. The number of nitrogens with zero attached hydrogens (tertiary/aromatic N) is 2. The molecule has 0 aliphatic carbocycles. The Morgan fingerprint density at radius 2 is 1.46 bits per heavy atom. The van der Waals surface area contributed by atoms with Gasteiger partial charge < -0.3 is 0 Å². The topological polar surface area (TPSA) is 54.9 Å². The number of nitrogens with one attached hydrogen (secondary N) is 1. The molecule has 1 heterocycles. The lowest BCUT2D eigenvalue weighted by molar-refractivity contribution is 0.102. The van der Waals surface area contributed by atoms with Crippen LogP contribution < -0.4 is 5.32 Å². The molecule has 1 aromatic heterocycles. The van der Waals surface area contributed by atoms with Crippen molar-refractivity contribution in [3.63, 3.8) is 0 Å². The van der Waals surface area contributed by atoms with Crippen LogP contribution in [0.2, 0.25) is 0 Å². The summed E-state index contributed by atoms with van der Waals surface area (Å²) in [5.41, 5.74) is 4.02. The predicted molar refractivity (Wildman–Crippen MR) is 116 cm³/mol. The normalized spacial score (nSPS) is 10.6. The number of carbonyl (C=O) groups is 1. The molecule has 0 saturated carbocycles. The molecule has 28 heavy (non-hydrogen) atoms. The Kier molecular flexibility index (Phi) is 5.80. The van der Waals surface area contributed by atoms with E-state index in [1.165, 1.54) is 16.9 Å². The van der Waals surface area contributed by atoms with Gasteiger partial charge in [0.15, 0.2) is 4.34 Å². The molecule has 0 saturated heterocycles. The molecular formula is C22H17N3OS2. The third kappa shape index (κ3) is 4.65. The lowest BCUT2D eigenvalue weighted by Crippen LogP contribution is -2.11. The second-order valence-corrected chi connectivity index (χ2v) is 8.24. The largest absolute Gasteiger partial charge is 0.296 e. The summed E-state index contributed by atoms with van der Waals surface area (Å²) < 4.78 is 0.832. The van der Waals surface area contributed by atoms with Crippen LogP contribution in [0.3, 0.4) is 0 Å². The summed E-state index contributed by atoms with van der Waals surface area (Å²) in [6.07, 6.45) is 0. The third-order valence-corrected chi connectivity index (χ3v) is 6.13. The smallest absolute Gasteiger partial charge is 0.257 e. The number of hydrogen-bond acceptors (Lipinski definition) is 5. The fourth-order valence-corrected chi connectivity index (χ4v) is 4.35. The Morgan fingerprint density at radius 1 is 0.821 bits per heavy atom. The molecule has 138 valence electrons. The number of rotatable bonds is 6. The van der Waals surface area contributed by atoms with E-state index < -0.39 is 0 Å². The molecule has 0 radical (unpaired) electrons. The zero-order chi connectivity index (χ0) is 19.2. The SMILES string of the molecule is O=C(Nc1nnc(SCc2ccccc2)s1)c1ccc(-c2ccccc2)cc1. The van der Waals surface area contributed by atoms with E-state index in [4.69, 9.17) is 0 Å². The lowest BCUT2D eigenvalue weighted by atomic mass is 10.0. The Hall–Kier alpha value is -2.96. The zero-order valence-electron chi connectivity index (χ0n) is 14.9. The first-order valence-electron chi connectivity index (χ1n) is 8.75. The van der Waals surface area contributed by atoms with Gasteiger partial charge >= 0.3 is 0 Å². The van der Waals surface area contributed by atoms with Crippen LogP contribution in [0.15, 0.2) is 89.3 Å². The molecule has 1 N–H and O–H groups in total. The van der Waals surface area contributed by atoms with E-state index in [0.29, 0.717) is 10.7 Å². The summed E-state index contributed by atoms with van der Waals surface area (Å²) in [6.45, 7) is 0. The van der Waals surface area contributed by atoms with Gasteiger partial charge in [-0.1, -0.05) is 95.9 Å². The number of amides is 1. The number of thioether (sulfide) groups is 1. The number of benzene rings is 3. The molecule has 3 aromatic carbocycles. The molecule has 4 nitrogen and oxygen atoms in total. The van der Waals surface area contributed by atoms with Gasteiger partial charge in [-0.25, -0.2) is 0 Å². The summed E-state index contributed by atoms with van der Waals surface area (Å²) in [4.78, 5) is 12.5. The standard InChI is InChI=1S/C22H17N3OS2/c26-20(19-13-11-18(12-14-19)17-9-5-2-6-10-17)23-21-24-25-22(28-21)27-15-16-7-3-1-4-8-16/h1-14H,15H2,(H,23,24,26). The van der Waals surface area contributed by atoms with Gasteiger partial charge in [-0.15, -0.1) is 10.2 Å². The van der Waals surface area contributed by atoms with Gasteiger partial charge in [-0.2, -0.15) is 0 Å². The van der Waals surface area contributed by atoms with E-state index in [1.54, 1.807) is 11.8 Å². The summed E-state index contributed by atoms with van der Waals surface area (Å²) in [5, 5.41) is 11.6. The lowest BCUT2D eigenvalue weighted by Gasteiger charge is -2.04. The average molecular weight is 404 g/mol. The van der Waals surface area contributed by atoms with Crippen molar-refractivity contribution in [2.45, 2.75) is 10.1 Å². The molecule has 0 atom stereocenters. The van der Waals surface area contributed by atoms with E-state index in [9.17, 15) is 4.79 Å². The molecule has 0 bridgehead atoms. The number of anilines is 1. The second kappa shape index (κ2) is 8.82. The zero-order valence-corrected chi connectivity index (χ0v) is 16.5. The Morgan fingerprint density at radius 3 is 2.18 bits per heavy atom. The fraction of sp³-hybridized carbons (Fsp3) is 0.0455. The van der Waals surface area contributed by atoms with Crippen molar-refractivity contribution in [2.75, 3.05) is 5.32 Å². The van der Waals surface area contributed by atoms with E-state index in [-0.39, 0.29) is 5.91 Å². The second-order valence-electron chi connectivity index (χ2n) is 6.04. The van der Waals surface area contributed by atoms with Gasteiger partial charge in [0, 0.05) is 11.3 Å². The summed E-state index contributed by atoms with van der Waals surface area (Å²) in [5.74, 6) is 0.639. The van der Waals surface area contributed by atoms with Gasteiger partial charge in [0.2, 0.25) is 5.13 Å². The fourth-order valence-electron chi connectivity index (χ4n) is 2.65. The van der Waals surface area contributed by atoms with Crippen LogP contribution in [0, 0.1) is 0 Å². The molecule has 0 fully saturated rings. The molecular weight excluding hydrogens is 386 g/mol. The molecule has 4 aromatic rings. The van der Waals surface area contributed by atoms with Crippen molar-refractivity contribution in [3.05, 3.63) is 96.1 Å². The van der Waals surface area contributed by atoms with Crippen molar-refractivity contribution in [3.8, 4) is 11.1 Å². The maximum Gasteiger partial charge on any atom is 0.257 e. The third-order valence-electron chi connectivity index (χ3n) is 4.09. The Labute approximate surface area is 171 Å². The molecule has 1 amide bonds. The van der Waals surface area contributed by atoms with Gasteiger partial charge in [0.05, 0.1) is 0 Å². The monoisotopic (exact) mass is 403 g/mol. The average Bonchev–Trinajstić information content (AvgIpc) is 3.21. The van der Waals surface area contributed by atoms with Crippen LogP contribution in [0.1, 0.15) is 15.9 Å². The highest BCUT2D eigenvalue weighted by Gasteiger charge is 2.11. The molecule has 0 spiro atoms. The maximum atomic E-state index is 12.5. The van der Waals surface area contributed by atoms with Crippen molar-refractivity contribution in [1.29, 1.82) is 0 Å². The van der Waals surface area contributed by atoms with Gasteiger partial charge in [-0.05, 0) is 28.8 Å². The maximum absolute atomic E-state index is 12.5. The van der Waals surface area contributed by atoms with Gasteiger partial charge in [0.1, 0.15) is 0 Å². The minimum atomic E-state index is -0.185. The van der Waals surface area contributed by atoms with Crippen LogP contribution in [0.5, 0.6) is 0 Å². The van der Waals surface area contributed by atoms with Gasteiger partial charge in [0.25, 0.3) is 5.91 Å². The first-order chi connectivity index (χ1) is 13.8. The van der Waals surface area contributed by atoms with Crippen molar-refractivity contribution in [2.24, 2.45) is 0 Å². The number of carbonyl (C=O) groups excluding carboxylic acids is 1. The van der Waals surface area contributed by atoms with E-state index >= 15 is 0 Å². The Bertz CT molecular complexity index is 1050. The summed E-state index contributed by atoms with van der Waals surface area (Å²) in [6, 6.07) is 27.8. The summed E-state index contributed by atoms with van der Waals surface area (Å²) >= 11 is 2.99.